The van der Waals surface area contributed by atoms with Gasteiger partial charge in [0.2, 0.25) is 0 Å². The normalized spacial score (nSPS) is 9.36. The number of ether oxygens (including phenoxy) is 1. The Kier molecular flexibility index (Phi) is 3.46. The second kappa shape index (κ2) is 4.61. The third kappa shape index (κ3) is 2.46. The zero-order chi connectivity index (χ0) is 10.6. The summed E-state index contributed by atoms with van der Waals surface area (Å²) in [5.74, 6) is 0.706. The molecule has 0 bridgehead atoms. The van der Waals surface area contributed by atoms with Crippen LogP contribution in [-0.2, 0) is 0 Å². The molecule has 0 aliphatic carbocycles. The molecule has 0 spiro atoms. The van der Waals surface area contributed by atoms with Crippen molar-refractivity contribution in [2.75, 3.05) is 7.11 Å². The number of aldehydes is 1. The maximum atomic E-state index is 10.8. The van der Waals surface area contributed by atoms with Gasteiger partial charge in [-0.15, -0.1) is 0 Å². The number of allylic oxidation sites excluding steroid dienone is 1. The first-order valence-electron chi connectivity index (χ1n) is 4.45. The molecule has 1 aromatic carbocycles. The van der Waals surface area contributed by atoms with Crippen LogP contribution in [0.3, 0.4) is 0 Å². The lowest BCUT2D eigenvalue weighted by molar-refractivity contribution is 0.112. The SMILES string of the molecule is COc1ccc(C=C(C)C)c(C=O)c1. The number of carbonyl (C=O) groups excluding carboxylic acids is 1. The lowest BCUT2D eigenvalue weighted by atomic mass is 10.1. The minimum atomic E-state index is 0.658. The maximum Gasteiger partial charge on any atom is 0.150 e. The monoisotopic (exact) mass is 190 g/mol. The van der Waals surface area contributed by atoms with Crippen molar-refractivity contribution < 1.29 is 9.53 Å². The van der Waals surface area contributed by atoms with Crippen molar-refractivity contribution in [3.8, 4) is 5.75 Å². The minimum absolute atomic E-state index is 0.658. The summed E-state index contributed by atoms with van der Waals surface area (Å²) in [6.45, 7) is 4.00. The molecular weight excluding hydrogens is 176 g/mol. The van der Waals surface area contributed by atoms with Crippen molar-refractivity contribution >= 4 is 12.4 Å². The molecule has 0 aliphatic heterocycles. The molecule has 0 atom stereocenters. The predicted octanol–water partition coefficient (Wildman–Crippen LogP) is 2.93. The second-order valence-electron chi connectivity index (χ2n) is 3.33. The maximum absolute atomic E-state index is 10.8. The van der Waals surface area contributed by atoms with E-state index in [0.29, 0.717) is 11.3 Å². The van der Waals surface area contributed by atoms with Gasteiger partial charge in [0.25, 0.3) is 0 Å². The zero-order valence-electron chi connectivity index (χ0n) is 8.70. The van der Waals surface area contributed by atoms with Crippen molar-refractivity contribution in [2.45, 2.75) is 13.8 Å². The first kappa shape index (κ1) is 10.5. The van der Waals surface area contributed by atoms with E-state index in [0.717, 1.165) is 11.8 Å². The average molecular weight is 190 g/mol. The highest BCUT2D eigenvalue weighted by atomic mass is 16.5. The molecule has 2 heteroatoms. The molecule has 1 rings (SSSR count). The van der Waals surface area contributed by atoms with Crippen molar-refractivity contribution in [3.05, 3.63) is 34.9 Å². The number of hydrogen-bond acceptors (Lipinski definition) is 2. The molecule has 0 unspecified atom stereocenters. The molecule has 14 heavy (non-hydrogen) atoms. The van der Waals surface area contributed by atoms with Crippen LogP contribution in [0.25, 0.3) is 6.08 Å². The summed E-state index contributed by atoms with van der Waals surface area (Å²) in [7, 11) is 1.59. The van der Waals surface area contributed by atoms with Gasteiger partial charge < -0.3 is 4.74 Å². The minimum Gasteiger partial charge on any atom is -0.497 e. The summed E-state index contributed by atoms with van der Waals surface area (Å²) < 4.78 is 5.04. The molecule has 0 saturated carbocycles. The van der Waals surface area contributed by atoms with Gasteiger partial charge >= 0.3 is 0 Å². The van der Waals surface area contributed by atoms with Crippen molar-refractivity contribution in [1.29, 1.82) is 0 Å². The Morgan fingerprint density at radius 3 is 2.50 bits per heavy atom. The van der Waals surface area contributed by atoms with Gasteiger partial charge in [-0.25, -0.2) is 0 Å². The van der Waals surface area contributed by atoms with Crippen LogP contribution in [-0.4, -0.2) is 13.4 Å². The number of carbonyl (C=O) groups is 1. The topological polar surface area (TPSA) is 26.3 Å². The van der Waals surface area contributed by atoms with Crippen LogP contribution < -0.4 is 4.74 Å². The van der Waals surface area contributed by atoms with Gasteiger partial charge in [0, 0.05) is 5.56 Å². The number of hydrogen-bond donors (Lipinski definition) is 0. The first-order chi connectivity index (χ1) is 6.67. The number of benzene rings is 1. The summed E-state index contributed by atoms with van der Waals surface area (Å²) in [4.78, 5) is 10.8. The van der Waals surface area contributed by atoms with E-state index in [1.165, 1.54) is 5.57 Å². The van der Waals surface area contributed by atoms with E-state index in [4.69, 9.17) is 4.74 Å². The molecule has 0 heterocycles. The van der Waals surface area contributed by atoms with Crippen LogP contribution in [0.1, 0.15) is 29.8 Å². The molecule has 0 N–H and O–H groups in total. The summed E-state index contributed by atoms with van der Waals surface area (Å²) in [5.41, 5.74) is 2.75. The predicted molar refractivity (Wildman–Crippen MR) is 57.7 cm³/mol. The van der Waals surface area contributed by atoms with Crippen LogP contribution in [0.15, 0.2) is 23.8 Å². The Morgan fingerprint density at radius 2 is 2.00 bits per heavy atom. The van der Waals surface area contributed by atoms with Crippen LogP contribution in [0.2, 0.25) is 0 Å². The highest BCUT2D eigenvalue weighted by Gasteiger charge is 2.00. The largest absolute Gasteiger partial charge is 0.497 e. The first-order valence-corrected chi connectivity index (χ1v) is 4.45. The summed E-state index contributed by atoms with van der Waals surface area (Å²) in [5, 5.41) is 0. The van der Waals surface area contributed by atoms with E-state index >= 15 is 0 Å². The van der Waals surface area contributed by atoms with Crippen LogP contribution in [0.4, 0.5) is 0 Å². The lowest BCUT2D eigenvalue weighted by Crippen LogP contribution is -1.89. The quantitative estimate of drug-likeness (QED) is 0.685. The smallest absolute Gasteiger partial charge is 0.150 e. The molecule has 0 radical (unpaired) electrons. The third-order valence-electron chi connectivity index (χ3n) is 1.87. The van der Waals surface area contributed by atoms with Crippen molar-refractivity contribution in [1.82, 2.24) is 0 Å². The fourth-order valence-corrected chi connectivity index (χ4v) is 1.22. The van der Waals surface area contributed by atoms with Crippen LogP contribution in [0, 0.1) is 0 Å². The number of rotatable bonds is 3. The average Bonchev–Trinajstić information content (AvgIpc) is 2.17. The van der Waals surface area contributed by atoms with Gasteiger partial charge in [0.05, 0.1) is 7.11 Å². The third-order valence-corrected chi connectivity index (χ3v) is 1.87. The fourth-order valence-electron chi connectivity index (χ4n) is 1.22. The Bertz CT molecular complexity index is 361. The Hall–Kier alpha value is -1.57. The van der Waals surface area contributed by atoms with Gasteiger partial charge in [0.1, 0.15) is 5.75 Å². The van der Waals surface area contributed by atoms with Gasteiger partial charge in [-0.3, -0.25) is 4.79 Å². The molecule has 0 aromatic heterocycles. The molecule has 0 aliphatic rings. The number of methoxy groups -OCH3 is 1. The molecule has 0 fully saturated rings. The van der Waals surface area contributed by atoms with E-state index in [-0.39, 0.29) is 0 Å². The van der Waals surface area contributed by atoms with E-state index < -0.39 is 0 Å². The molecule has 2 nitrogen and oxygen atoms in total. The highest BCUT2D eigenvalue weighted by Crippen LogP contribution is 2.18. The molecule has 74 valence electrons. The lowest BCUT2D eigenvalue weighted by Gasteiger charge is -2.03. The zero-order valence-corrected chi connectivity index (χ0v) is 8.70. The summed E-state index contributed by atoms with van der Waals surface area (Å²) in [6.07, 6.45) is 2.82. The van der Waals surface area contributed by atoms with E-state index in [2.05, 4.69) is 0 Å². The van der Waals surface area contributed by atoms with E-state index in [1.54, 1.807) is 13.2 Å². The fraction of sp³-hybridized carbons (Fsp3) is 0.250. The Labute approximate surface area is 84.2 Å². The van der Waals surface area contributed by atoms with Gasteiger partial charge in [-0.2, -0.15) is 0 Å². The van der Waals surface area contributed by atoms with Crippen LogP contribution in [0.5, 0.6) is 5.75 Å². The summed E-state index contributed by atoms with van der Waals surface area (Å²) >= 11 is 0. The van der Waals surface area contributed by atoms with Crippen molar-refractivity contribution in [3.63, 3.8) is 0 Å². The Balaban J connectivity index is 3.18. The van der Waals surface area contributed by atoms with E-state index in [9.17, 15) is 4.79 Å². The van der Waals surface area contributed by atoms with Gasteiger partial charge in [-0.1, -0.05) is 17.7 Å². The van der Waals surface area contributed by atoms with Crippen LogP contribution >= 0.6 is 0 Å². The van der Waals surface area contributed by atoms with Gasteiger partial charge in [0.15, 0.2) is 6.29 Å². The molecule has 1 aromatic rings. The molecule has 0 amide bonds. The highest BCUT2D eigenvalue weighted by molar-refractivity contribution is 5.82. The van der Waals surface area contributed by atoms with Crippen molar-refractivity contribution in [2.24, 2.45) is 0 Å². The molecular formula is C12H14O2. The second-order valence-corrected chi connectivity index (χ2v) is 3.33. The molecule has 0 saturated heterocycles. The van der Waals surface area contributed by atoms with E-state index in [1.807, 2.05) is 32.1 Å². The summed E-state index contributed by atoms with van der Waals surface area (Å²) in [6, 6.07) is 5.47. The standard InChI is InChI=1S/C12H14O2/c1-9(2)6-10-4-5-12(14-3)7-11(10)8-13/h4-8H,1-3H3. The Morgan fingerprint density at radius 1 is 1.29 bits per heavy atom. The van der Waals surface area contributed by atoms with Gasteiger partial charge in [-0.05, 0) is 31.5 Å².